The summed E-state index contributed by atoms with van der Waals surface area (Å²) in [5, 5.41) is 3.51. The Morgan fingerprint density at radius 3 is 2.79 bits per heavy atom. The fourth-order valence-corrected chi connectivity index (χ4v) is 2.01. The zero-order chi connectivity index (χ0) is 10.1. The molecule has 1 aromatic carbocycles. The molecule has 0 heterocycles. The van der Waals surface area contributed by atoms with E-state index in [1.807, 2.05) is 18.2 Å². The molecular weight excluding hydrogens is 244 g/mol. The number of hydrogen-bond donors (Lipinski definition) is 1. The summed E-state index contributed by atoms with van der Waals surface area (Å²) < 4.78 is 0.997. The number of Topliss-reactive ketones (excluding diaryl/α,β-unsaturated/α-hetero) is 1. The lowest BCUT2D eigenvalue weighted by Crippen LogP contribution is -2.26. The highest BCUT2D eigenvalue weighted by Crippen LogP contribution is 2.21. The number of nitrogens with zero attached hydrogens (tertiary/aromatic N) is 1. The quantitative estimate of drug-likeness (QED) is 0.561. The van der Waals surface area contributed by atoms with Gasteiger partial charge in [0, 0.05) is 17.3 Å². The number of hydrazone groups is 1. The number of halogens is 1. The highest BCUT2D eigenvalue weighted by molar-refractivity contribution is 9.10. The molecule has 0 amide bonds. The Kier molecular flexibility index (Phi) is 2.37. The van der Waals surface area contributed by atoms with Crippen LogP contribution in [0.15, 0.2) is 27.8 Å². The number of nitrogens with two attached hydrogens (primary N) is 1. The summed E-state index contributed by atoms with van der Waals surface area (Å²) in [7, 11) is 0. The molecule has 0 aliphatic heterocycles. The summed E-state index contributed by atoms with van der Waals surface area (Å²) in [6.07, 6.45) is 0.961. The van der Waals surface area contributed by atoms with Gasteiger partial charge in [0.05, 0.1) is 0 Å². The molecule has 0 aromatic heterocycles. The zero-order valence-electron chi connectivity index (χ0n) is 7.46. The van der Waals surface area contributed by atoms with Gasteiger partial charge in [-0.15, -0.1) is 0 Å². The van der Waals surface area contributed by atoms with Crippen LogP contribution >= 0.6 is 15.9 Å². The molecule has 4 heteroatoms. The first kappa shape index (κ1) is 9.40. The minimum absolute atomic E-state index is 0.0260. The molecule has 1 aromatic rings. The number of hydrogen-bond acceptors (Lipinski definition) is 3. The Labute approximate surface area is 90.1 Å². The van der Waals surface area contributed by atoms with Gasteiger partial charge in [-0.1, -0.05) is 22.0 Å². The Morgan fingerprint density at radius 1 is 1.29 bits per heavy atom. The van der Waals surface area contributed by atoms with Gasteiger partial charge >= 0.3 is 0 Å². The van der Waals surface area contributed by atoms with Crippen molar-refractivity contribution in [3.05, 3.63) is 33.8 Å². The molecular formula is C10H9BrN2O. The molecule has 1 aliphatic rings. The van der Waals surface area contributed by atoms with Gasteiger partial charge in [-0.2, -0.15) is 5.10 Å². The van der Waals surface area contributed by atoms with Crippen LogP contribution in [0, 0.1) is 0 Å². The van der Waals surface area contributed by atoms with Crippen LogP contribution in [0.25, 0.3) is 0 Å². The third-order valence-electron chi connectivity index (χ3n) is 2.35. The van der Waals surface area contributed by atoms with Gasteiger partial charge in [-0.05, 0) is 23.3 Å². The average molecular weight is 253 g/mol. The van der Waals surface area contributed by atoms with Crippen LogP contribution in [0.5, 0.6) is 0 Å². The van der Waals surface area contributed by atoms with E-state index in [2.05, 4.69) is 21.0 Å². The minimum Gasteiger partial charge on any atom is -0.323 e. The second-order valence-corrected chi connectivity index (χ2v) is 4.18. The fourth-order valence-electron chi connectivity index (χ4n) is 1.60. The molecule has 0 spiro atoms. The smallest absolute Gasteiger partial charge is 0.183 e. The summed E-state index contributed by atoms with van der Waals surface area (Å²) in [6.45, 7) is 0. The maximum atomic E-state index is 11.5. The molecule has 72 valence electrons. The third-order valence-corrected chi connectivity index (χ3v) is 2.85. The molecule has 0 saturated heterocycles. The summed E-state index contributed by atoms with van der Waals surface area (Å²) in [5.41, 5.74) is 2.67. The van der Waals surface area contributed by atoms with Crippen molar-refractivity contribution >= 4 is 27.4 Å². The van der Waals surface area contributed by atoms with Crippen molar-refractivity contribution in [1.82, 2.24) is 0 Å². The first-order valence-corrected chi connectivity index (χ1v) is 5.07. The van der Waals surface area contributed by atoms with Crippen LogP contribution < -0.4 is 5.84 Å². The summed E-state index contributed by atoms with van der Waals surface area (Å²) in [6, 6.07) is 5.93. The predicted octanol–water partition coefficient (Wildman–Crippen LogP) is 1.43. The SMILES string of the molecule is NN=C1Cc2ccc(Br)cc2CC1=O. The highest BCUT2D eigenvalue weighted by Gasteiger charge is 2.21. The number of rotatable bonds is 0. The first-order valence-electron chi connectivity index (χ1n) is 4.28. The van der Waals surface area contributed by atoms with E-state index in [4.69, 9.17) is 5.84 Å². The van der Waals surface area contributed by atoms with E-state index in [1.54, 1.807) is 0 Å². The number of benzene rings is 1. The van der Waals surface area contributed by atoms with E-state index < -0.39 is 0 Å². The Balaban J connectivity index is 2.45. The van der Waals surface area contributed by atoms with Crippen molar-refractivity contribution in [3.8, 4) is 0 Å². The van der Waals surface area contributed by atoms with Crippen LogP contribution in [-0.4, -0.2) is 11.5 Å². The number of carbonyl (C=O) groups is 1. The lowest BCUT2D eigenvalue weighted by Gasteiger charge is -2.15. The Bertz CT molecular complexity index is 426. The second kappa shape index (κ2) is 3.53. The van der Waals surface area contributed by atoms with E-state index >= 15 is 0 Å². The number of ketones is 1. The lowest BCUT2D eigenvalue weighted by atomic mass is 9.89. The summed E-state index contributed by atoms with van der Waals surface area (Å²) >= 11 is 3.38. The van der Waals surface area contributed by atoms with Crippen LogP contribution in [0.1, 0.15) is 11.1 Å². The molecule has 0 radical (unpaired) electrons. The second-order valence-electron chi connectivity index (χ2n) is 3.27. The van der Waals surface area contributed by atoms with E-state index in [9.17, 15) is 4.79 Å². The Hall–Kier alpha value is -1.16. The van der Waals surface area contributed by atoms with Gasteiger partial charge in [0.15, 0.2) is 5.78 Å². The fraction of sp³-hybridized carbons (Fsp3) is 0.200. The van der Waals surface area contributed by atoms with Crippen molar-refractivity contribution in [3.63, 3.8) is 0 Å². The predicted molar refractivity (Wildman–Crippen MR) is 58.2 cm³/mol. The molecule has 1 aliphatic carbocycles. The molecule has 0 unspecified atom stereocenters. The van der Waals surface area contributed by atoms with E-state index in [-0.39, 0.29) is 5.78 Å². The summed E-state index contributed by atoms with van der Waals surface area (Å²) in [4.78, 5) is 11.5. The van der Waals surface area contributed by atoms with E-state index in [0.717, 1.165) is 15.6 Å². The van der Waals surface area contributed by atoms with E-state index in [0.29, 0.717) is 18.6 Å². The monoisotopic (exact) mass is 252 g/mol. The molecule has 2 rings (SSSR count). The first-order chi connectivity index (χ1) is 6.70. The molecule has 0 saturated carbocycles. The summed E-state index contributed by atoms with van der Waals surface area (Å²) in [5.74, 6) is 5.16. The Morgan fingerprint density at radius 2 is 2.07 bits per heavy atom. The topological polar surface area (TPSA) is 55.4 Å². The van der Waals surface area contributed by atoms with Gasteiger partial charge in [0.1, 0.15) is 5.71 Å². The maximum Gasteiger partial charge on any atom is 0.183 e. The van der Waals surface area contributed by atoms with Gasteiger partial charge in [0.25, 0.3) is 0 Å². The van der Waals surface area contributed by atoms with Crippen LogP contribution in [-0.2, 0) is 17.6 Å². The third kappa shape index (κ3) is 1.57. The lowest BCUT2D eigenvalue weighted by molar-refractivity contribution is -0.112. The van der Waals surface area contributed by atoms with Crippen molar-refractivity contribution in [2.24, 2.45) is 10.9 Å². The standard InChI is InChI=1S/C10H9BrN2O/c11-8-2-1-6-4-9(13-12)10(14)5-7(6)3-8/h1-3H,4-5,12H2. The van der Waals surface area contributed by atoms with Crippen LogP contribution in [0.2, 0.25) is 0 Å². The molecule has 14 heavy (non-hydrogen) atoms. The van der Waals surface area contributed by atoms with Crippen molar-refractivity contribution in [1.29, 1.82) is 0 Å². The molecule has 0 fully saturated rings. The molecule has 0 atom stereocenters. The highest BCUT2D eigenvalue weighted by atomic mass is 79.9. The van der Waals surface area contributed by atoms with Gasteiger partial charge in [0.2, 0.25) is 0 Å². The normalized spacial score (nSPS) is 18.4. The van der Waals surface area contributed by atoms with E-state index in [1.165, 1.54) is 0 Å². The largest absolute Gasteiger partial charge is 0.323 e. The molecule has 0 bridgehead atoms. The maximum absolute atomic E-state index is 11.5. The van der Waals surface area contributed by atoms with Gasteiger partial charge < -0.3 is 5.84 Å². The molecule has 3 nitrogen and oxygen atoms in total. The van der Waals surface area contributed by atoms with Crippen molar-refractivity contribution < 1.29 is 4.79 Å². The average Bonchev–Trinajstić information content (AvgIpc) is 2.16. The van der Waals surface area contributed by atoms with Gasteiger partial charge in [-0.25, -0.2) is 0 Å². The van der Waals surface area contributed by atoms with Crippen LogP contribution in [0.4, 0.5) is 0 Å². The molecule has 2 N–H and O–H groups in total. The minimum atomic E-state index is 0.0260. The van der Waals surface area contributed by atoms with Gasteiger partial charge in [-0.3, -0.25) is 4.79 Å². The zero-order valence-corrected chi connectivity index (χ0v) is 9.04. The van der Waals surface area contributed by atoms with Crippen molar-refractivity contribution in [2.75, 3.05) is 0 Å². The number of fused-ring (bicyclic) bond motifs is 1. The number of carbonyl (C=O) groups excluding carboxylic acids is 1. The van der Waals surface area contributed by atoms with Crippen molar-refractivity contribution in [2.45, 2.75) is 12.8 Å². The van der Waals surface area contributed by atoms with Crippen LogP contribution in [0.3, 0.4) is 0 Å².